The summed E-state index contributed by atoms with van der Waals surface area (Å²) >= 11 is 0. The lowest BCUT2D eigenvalue weighted by atomic mass is 10.2. The van der Waals surface area contributed by atoms with Gasteiger partial charge in [-0.1, -0.05) is 37.3 Å². The number of methoxy groups -OCH3 is 1. The Morgan fingerprint density at radius 1 is 0.944 bits per heavy atom. The van der Waals surface area contributed by atoms with Crippen LogP contribution >= 0.6 is 0 Å². The van der Waals surface area contributed by atoms with Gasteiger partial charge in [-0.05, 0) is 30.2 Å². The topological polar surface area (TPSA) is 18.5 Å². The molecule has 0 unspecified atom stereocenters. The van der Waals surface area contributed by atoms with Crippen LogP contribution in [0.2, 0.25) is 0 Å². The van der Waals surface area contributed by atoms with Gasteiger partial charge in [0.1, 0.15) is 18.1 Å². The van der Waals surface area contributed by atoms with Crippen molar-refractivity contribution in [3.8, 4) is 11.5 Å². The molecular formula is C16H18O2. The Bertz CT molecular complexity index is 489. The van der Waals surface area contributed by atoms with Crippen LogP contribution in [-0.4, -0.2) is 7.11 Å². The molecule has 2 nitrogen and oxygen atoms in total. The Balaban J connectivity index is 2.02. The first-order valence-electron chi connectivity index (χ1n) is 6.17. The van der Waals surface area contributed by atoms with Crippen molar-refractivity contribution in [3.63, 3.8) is 0 Å². The fourth-order valence-electron chi connectivity index (χ4n) is 1.80. The number of benzene rings is 2. The maximum absolute atomic E-state index is 5.75. The molecule has 0 radical (unpaired) electrons. The maximum Gasteiger partial charge on any atom is 0.125 e. The Kier molecular flexibility index (Phi) is 4.24. The first-order valence-corrected chi connectivity index (χ1v) is 6.17. The number of rotatable bonds is 5. The van der Waals surface area contributed by atoms with E-state index in [1.54, 1.807) is 7.11 Å². The molecule has 2 aromatic carbocycles. The van der Waals surface area contributed by atoms with Crippen molar-refractivity contribution in [1.29, 1.82) is 0 Å². The van der Waals surface area contributed by atoms with Crippen molar-refractivity contribution in [3.05, 3.63) is 59.7 Å². The molecule has 2 aromatic rings. The van der Waals surface area contributed by atoms with E-state index in [-0.39, 0.29) is 0 Å². The Morgan fingerprint density at radius 3 is 2.33 bits per heavy atom. The zero-order valence-electron chi connectivity index (χ0n) is 10.8. The molecule has 0 amide bonds. The highest BCUT2D eigenvalue weighted by Crippen LogP contribution is 2.20. The molecule has 0 N–H and O–H groups in total. The Labute approximate surface area is 108 Å². The zero-order chi connectivity index (χ0) is 12.8. The van der Waals surface area contributed by atoms with Gasteiger partial charge in [-0.2, -0.15) is 0 Å². The summed E-state index contributed by atoms with van der Waals surface area (Å²) < 4.78 is 11.0. The van der Waals surface area contributed by atoms with Crippen molar-refractivity contribution in [2.24, 2.45) is 0 Å². The molecule has 0 saturated carbocycles. The number of para-hydroxylation sites is 1. The normalized spacial score (nSPS) is 10.1. The monoisotopic (exact) mass is 242 g/mol. The summed E-state index contributed by atoms with van der Waals surface area (Å²) in [5.41, 5.74) is 2.37. The molecule has 18 heavy (non-hydrogen) atoms. The summed E-state index contributed by atoms with van der Waals surface area (Å²) in [4.78, 5) is 0. The van der Waals surface area contributed by atoms with Gasteiger partial charge in [-0.25, -0.2) is 0 Å². The summed E-state index contributed by atoms with van der Waals surface area (Å²) in [7, 11) is 1.68. The Morgan fingerprint density at radius 2 is 1.67 bits per heavy atom. The Hall–Kier alpha value is -1.96. The molecule has 0 aliphatic heterocycles. The average Bonchev–Trinajstić information content (AvgIpc) is 2.46. The van der Waals surface area contributed by atoms with Gasteiger partial charge in [0.15, 0.2) is 0 Å². The summed E-state index contributed by atoms with van der Waals surface area (Å²) in [6, 6.07) is 16.1. The van der Waals surface area contributed by atoms with E-state index in [0.717, 1.165) is 23.5 Å². The fraction of sp³-hybridized carbons (Fsp3) is 0.250. The van der Waals surface area contributed by atoms with Crippen LogP contribution in [0.1, 0.15) is 18.1 Å². The first-order chi connectivity index (χ1) is 8.83. The smallest absolute Gasteiger partial charge is 0.125 e. The van der Waals surface area contributed by atoms with Gasteiger partial charge in [-0.3, -0.25) is 0 Å². The van der Waals surface area contributed by atoms with Crippen molar-refractivity contribution < 1.29 is 9.47 Å². The number of ether oxygens (including phenoxy) is 2. The summed E-state index contributed by atoms with van der Waals surface area (Å²) in [6.07, 6.45) is 1.05. The quantitative estimate of drug-likeness (QED) is 0.793. The third-order valence-corrected chi connectivity index (χ3v) is 2.92. The molecule has 0 saturated heterocycles. The van der Waals surface area contributed by atoms with Crippen molar-refractivity contribution in [1.82, 2.24) is 0 Å². The second-order valence-corrected chi connectivity index (χ2v) is 4.10. The average molecular weight is 242 g/mol. The van der Waals surface area contributed by atoms with Gasteiger partial charge in [0.2, 0.25) is 0 Å². The lowest BCUT2D eigenvalue weighted by Crippen LogP contribution is -1.98. The lowest BCUT2D eigenvalue weighted by molar-refractivity contribution is 0.296. The number of hydrogen-bond acceptors (Lipinski definition) is 2. The van der Waals surface area contributed by atoms with Crippen LogP contribution in [0.15, 0.2) is 48.5 Å². The minimum Gasteiger partial charge on any atom is -0.496 e. The standard InChI is InChI=1S/C16H18O2/c1-3-13-8-10-15(11-9-13)18-12-14-6-4-5-7-16(14)17-2/h4-11H,3,12H2,1-2H3. The molecule has 0 aromatic heterocycles. The predicted molar refractivity (Wildman–Crippen MR) is 73.1 cm³/mol. The van der Waals surface area contributed by atoms with E-state index >= 15 is 0 Å². The van der Waals surface area contributed by atoms with Gasteiger partial charge in [0.25, 0.3) is 0 Å². The SMILES string of the molecule is CCc1ccc(OCc2ccccc2OC)cc1. The molecule has 0 atom stereocenters. The van der Waals surface area contributed by atoms with Gasteiger partial charge >= 0.3 is 0 Å². The van der Waals surface area contributed by atoms with Crippen molar-refractivity contribution >= 4 is 0 Å². The van der Waals surface area contributed by atoms with Gasteiger partial charge in [0, 0.05) is 5.56 Å². The maximum atomic E-state index is 5.75. The third-order valence-electron chi connectivity index (χ3n) is 2.92. The lowest BCUT2D eigenvalue weighted by Gasteiger charge is -2.10. The van der Waals surface area contributed by atoms with Gasteiger partial charge < -0.3 is 9.47 Å². The van der Waals surface area contributed by atoms with Crippen molar-refractivity contribution in [2.75, 3.05) is 7.11 Å². The van der Waals surface area contributed by atoms with Crippen LogP contribution in [0.3, 0.4) is 0 Å². The zero-order valence-corrected chi connectivity index (χ0v) is 10.8. The van der Waals surface area contributed by atoms with E-state index in [2.05, 4.69) is 19.1 Å². The molecule has 0 aliphatic carbocycles. The second-order valence-electron chi connectivity index (χ2n) is 4.10. The molecule has 2 heteroatoms. The van der Waals surface area contributed by atoms with Crippen LogP contribution in [-0.2, 0) is 13.0 Å². The molecular weight excluding hydrogens is 224 g/mol. The third kappa shape index (κ3) is 3.04. The van der Waals surface area contributed by atoms with Crippen LogP contribution in [0, 0.1) is 0 Å². The molecule has 2 rings (SSSR count). The molecule has 0 heterocycles. The van der Waals surface area contributed by atoms with E-state index in [0.29, 0.717) is 6.61 Å². The summed E-state index contributed by atoms with van der Waals surface area (Å²) in [6.45, 7) is 2.67. The predicted octanol–water partition coefficient (Wildman–Crippen LogP) is 3.84. The summed E-state index contributed by atoms with van der Waals surface area (Å²) in [5, 5.41) is 0. The van der Waals surface area contributed by atoms with E-state index in [1.165, 1.54) is 5.56 Å². The molecule has 0 spiro atoms. The summed E-state index contributed by atoms with van der Waals surface area (Å²) in [5.74, 6) is 1.75. The molecule has 0 fully saturated rings. The van der Waals surface area contributed by atoms with Crippen LogP contribution in [0.5, 0.6) is 11.5 Å². The molecule has 0 bridgehead atoms. The van der Waals surface area contributed by atoms with Crippen molar-refractivity contribution in [2.45, 2.75) is 20.0 Å². The number of aryl methyl sites for hydroxylation is 1. The first kappa shape index (κ1) is 12.5. The van der Waals surface area contributed by atoms with Crippen LogP contribution < -0.4 is 9.47 Å². The minimum absolute atomic E-state index is 0.523. The largest absolute Gasteiger partial charge is 0.496 e. The molecule has 0 aliphatic rings. The highest BCUT2D eigenvalue weighted by Gasteiger charge is 2.02. The van der Waals surface area contributed by atoms with E-state index < -0.39 is 0 Å². The second kappa shape index (κ2) is 6.10. The minimum atomic E-state index is 0.523. The number of hydrogen-bond donors (Lipinski definition) is 0. The van der Waals surface area contributed by atoms with Crippen LogP contribution in [0.25, 0.3) is 0 Å². The molecule has 94 valence electrons. The van der Waals surface area contributed by atoms with Gasteiger partial charge in [-0.15, -0.1) is 0 Å². The van der Waals surface area contributed by atoms with E-state index in [1.807, 2.05) is 36.4 Å². The van der Waals surface area contributed by atoms with E-state index in [9.17, 15) is 0 Å². The highest BCUT2D eigenvalue weighted by atomic mass is 16.5. The fourth-order valence-corrected chi connectivity index (χ4v) is 1.80. The van der Waals surface area contributed by atoms with E-state index in [4.69, 9.17) is 9.47 Å². The van der Waals surface area contributed by atoms with Crippen LogP contribution in [0.4, 0.5) is 0 Å². The highest BCUT2D eigenvalue weighted by molar-refractivity contribution is 5.33. The van der Waals surface area contributed by atoms with Gasteiger partial charge in [0.05, 0.1) is 7.11 Å².